The van der Waals surface area contributed by atoms with Crippen LogP contribution in [0.25, 0.3) is 0 Å². The molecule has 1 aromatic heterocycles. The highest BCUT2D eigenvalue weighted by atomic mass is 28.4. The molecule has 1 amide bonds. The van der Waals surface area contributed by atoms with Crippen molar-refractivity contribution in [2.75, 3.05) is 0 Å². The van der Waals surface area contributed by atoms with Crippen molar-refractivity contribution in [3.8, 4) is 0 Å². The van der Waals surface area contributed by atoms with E-state index in [-0.39, 0.29) is 5.56 Å². The fourth-order valence-corrected chi connectivity index (χ4v) is 8.82. The molecule has 0 bridgehead atoms. The number of pyridine rings is 1. The number of hydrogen-bond donors (Lipinski definition) is 2. The molecule has 34 heavy (non-hydrogen) atoms. The Morgan fingerprint density at radius 3 is 1.85 bits per heavy atom. The lowest BCUT2D eigenvalue weighted by Gasteiger charge is -2.43. The second-order valence-electron chi connectivity index (χ2n) is 8.90. The molecule has 0 aliphatic rings. The third-order valence-electron chi connectivity index (χ3n) is 5.76. The summed E-state index contributed by atoms with van der Waals surface area (Å²) in [6, 6.07) is 19.2. The van der Waals surface area contributed by atoms with Gasteiger partial charge in [0.1, 0.15) is 5.56 Å². The smallest absolute Gasteiger partial charge is 0.270 e. The second-order valence-corrected chi connectivity index (χ2v) is 13.2. The summed E-state index contributed by atoms with van der Waals surface area (Å²) in [5, 5.41) is 1.45. The molecule has 0 saturated carbocycles. The second kappa shape index (κ2) is 9.92. The van der Waals surface area contributed by atoms with Crippen molar-refractivity contribution in [2.24, 2.45) is 5.84 Å². The lowest BCUT2D eigenvalue weighted by atomic mass is 10.0. The molecule has 6 nitrogen and oxygen atoms in total. The molecule has 1 heterocycles. The molecule has 0 unspecified atom stereocenters. The Labute approximate surface area is 198 Å². The minimum atomic E-state index is -3.10. The minimum absolute atomic E-state index is 0.291. The first-order valence-electron chi connectivity index (χ1n) is 10.7. The highest BCUT2D eigenvalue weighted by Gasteiger charge is 2.50. The number of nitrogens with two attached hydrogens (primary N) is 1. The molecule has 9 heteroatoms. The number of hydrazine groups is 1. The summed E-state index contributed by atoms with van der Waals surface area (Å²) in [7, 11) is -3.10. The van der Waals surface area contributed by atoms with Gasteiger partial charge in [0, 0.05) is 11.1 Å². The van der Waals surface area contributed by atoms with E-state index >= 15 is 0 Å². The van der Waals surface area contributed by atoms with Crippen LogP contribution in [-0.2, 0) is 11.0 Å². The lowest BCUT2D eigenvalue weighted by molar-refractivity contribution is 0.0931. The topological polar surface area (TPSA) is 94.3 Å². The molecule has 0 fully saturated rings. The van der Waals surface area contributed by atoms with E-state index < -0.39 is 54.7 Å². The van der Waals surface area contributed by atoms with Crippen LogP contribution in [0.1, 0.15) is 54.0 Å². The van der Waals surface area contributed by atoms with Crippen LogP contribution in [0.2, 0.25) is 5.04 Å². The molecule has 2 aromatic carbocycles. The maximum Gasteiger partial charge on any atom is 0.270 e. The number of aromatic nitrogens is 1. The first kappa shape index (κ1) is 25.4. The van der Waals surface area contributed by atoms with Crippen LogP contribution in [0.4, 0.5) is 8.78 Å². The van der Waals surface area contributed by atoms with Crippen LogP contribution < -0.4 is 21.6 Å². The van der Waals surface area contributed by atoms with Crippen molar-refractivity contribution >= 4 is 30.4 Å². The third kappa shape index (κ3) is 4.54. The number of hydrogen-bond acceptors (Lipinski definition) is 5. The number of amides is 1. The first-order chi connectivity index (χ1) is 16.0. The molecule has 3 N–H and O–H groups in total. The van der Waals surface area contributed by atoms with Gasteiger partial charge in [-0.3, -0.25) is 15.0 Å². The van der Waals surface area contributed by atoms with E-state index in [0.717, 1.165) is 17.3 Å². The lowest BCUT2D eigenvalue weighted by Crippen LogP contribution is -2.66. The minimum Gasteiger partial charge on any atom is -0.403 e. The zero-order valence-corrected chi connectivity index (χ0v) is 20.5. The van der Waals surface area contributed by atoms with Crippen molar-refractivity contribution in [1.82, 2.24) is 10.4 Å². The predicted molar refractivity (Wildman–Crippen MR) is 128 cm³/mol. The molecule has 3 rings (SSSR count). The Morgan fingerprint density at radius 2 is 1.44 bits per heavy atom. The van der Waals surface area contributed by atoms with Gasteiger partial charge in [-0.15, -0.1) is 0 Å². The summed E-state index contributed by atoms with van der Waals surface area (Å²) in [6.45, 7) is 6.84. The monoisotopic (exact) mass is 483 g/mol. The Bertz CT molecular complexity index is 1160. The van der Waals surface area contributed by atoms with Gasteiger partial charge in [0.2, 0.25) is 11.9 Å². The van der Waals surface area contributed by atoms with Crippen molar-refractivity contribution in [1.29, 1.82) is 0 Å². The normalized spacial score (nSPS) is 11.9. The van der Waals surface area contributed by atoms with Crippen LogP contribution in [0.5, 0.6) is 0 Å². The van der Waals surface area contributed by atoms with Crippen molar-refractivity contribution in [3.63, 3.8) is 0 Å². The van der Waals surface area contributed by atoms with E-state index in [0.29, 0.717) is 0 Å². The van der Waals surface area contributed by atoms with E-state index in [1.54, 1.807) is 5.43 Å². The highest BCUT2D eigenvalue weighted by Crippen LogP contribution is 2.37. The van der Waals surface area contributed by atoms with Gasteiger partial charge in [-0.25, -0.2) is 5.84 Å². The summed E-state index contributed by atoms with van der Waals surface area (Å²) in [5.41, 5.74) is 0.346. The molecule has 178 valence electrons. The van der Waals surface area contributed by atoms with Gasteiger partial charge in [0.15, 0.2) is 5.78 Å². The number of nitrogen functional groups attached to an aromatic ring is 1. The van der Waals surface area contributed by atoms with Gasteiger partial charge >= 0.3 is 0 Å². The van der Waals surface area contributed by atoms with Gasteiger partial charge in [-0.2, -0.15) is 13.8 Å². The summed E-state index contributed by atoms with van der Waals surface area (Å²) < 4.78 is 36.0. The fraction of sp³-hybridized carbons (Fsp3) is 0.240. The first-order valence-corrected chi connectivity index (χ1v) is 12.6. The fourth-order valence-electron chi connectivity index (χ4n) is 4.31. The number of Topliss-reactive ketones (excluding diaryl/α,β-unsaturated/α-hetero) is 1. The van der Waals surface area contributed by atoms with Crippen molar-refractivity contribution < 1.29 is 22.8 Å². The Kier molecular flexibility index (Phi) is 7.40. The van der Waals surface area contributed by atoms with E-state index in [4.69, 9.17) is 10.3 Å². The standard InChI is InChI=1S/C25H27F2N3O3Si/c1-16(31)20-19(22(26)29-23(27)21(20)24(32)30-28)15-33-34(25(2,3)4,17-11-7-5-8-12-17)18-13-9-6-10-14-18/h5-14H,15,28H2,1-4H3,(H,30,32). The van der Waals surface area contributed by atoms with Crippen molar-refractivity contribution in [3.05, 3.63) is 89.2 Å². The number of nitrogens with zero attached hydrogens (tertiary/aromatic N) is 1. The number of ketones is 1. The Balaban J connectivity index is 2.25. The maximum atomic E-state index is 15.0. The zero-order valence-electron chi connectivity index (χ0n) is 19.5. The van der Waals surface area contributed by atoms with Gasteiger partial charge < -0.3 is 4.43 Å². The van der Waals surface area contributed by atoms with Crippen LogP contribution >= 0.6 is 0 Å². The van der Waals surface area contributed by atoms with Gasteiger partial charge in [-0.05, 0) is 22.3 Å². The van der Waals surface area contributed by atoms with Gasteiger partial charge in [-0.1, -0.05) is 81.4 Å². The number of benzene rings is 2. The molecular formula is C25H27F2N3O3Si. The number of carbonyl (C=O) groups is 2. The Morgan fingerprint density at radius 1 is 0.941 bits per heavy atom. The molecule has 0 aliphatic heterocycles. The molecule has 0 aliphatic carbocycles. The summed E-state index contributed by atoms with van der Waals surface area (Å²) in [6.07, 6.45) is 0. The average molecular weight is 484 g/mol. The molecule has 3 aromatic rings. The summed E-state index contributed by atoms with van der Waals surface area (Å²) in [4.78, 5) is 27.9. The Hall–Kier alpha value is -3.27. The summed E-state index contributed by atoms with van der Waals surface area (Å²) >= 11 is 0. The quantitative estimate of drug-likeness (QED) is 0.134. The number of nitrogens with one attached hydrogen (secondary N) is 1. The zero-order chi connectivity index (χ0) is 25.1. The molecular weight excluding hydrogens is 456 g/mol. The largest absolute Gasteiger partial charge is 0.403 e. The van der Waals surface area contributed by atoms with E-state index in [9.17, 15) is 18.4 Å². The van der Waals surface area contributed by atoms with Crippen LogP contribution in [0, 0.1) is 11.9 Å². The van der Waals surface area contributed by atoms with Crippen molar-refractivity contribution in [2.45, 2.75) is 39.3 Å². The third-order valence-corrected chi connectivity index (χ3v) is 10.7. The van der Waals surface area contributed by atoms with Gasteiger partial charge in [0.25, 0.3) is 14.2 Å². The van der Waals surface area contributed by atoms with E-state index in [1.807, 2.05) is 81.4 Å². The number of carbonyl (C=O) groups excluding carboxylic acids is 2. The van der Waals surface area contributed by atoms with E-state index in [1.165, 1.54) is 0 Å². The van der Waals surface area contributed by atoms with E-state index in [2.05, 4.69) is 4.98 Å². The predicted octanol–water partition coefficient (Wildman–Crippen LogP) is 3.24. The number of halogens is 2. The molecule has 0 spiro atoms. The molecule has 0 radical (unpaired) electrons. The van der Waals surface area contributed by atoms with Crippen LogP contribution in [0.3, 0.4) is 0 Å². The molecule has 0 saturated heterocycles. The SMILES string of the molecule is CC(=O)c1c(CO[Si](c2ccccc2)(c2ccccc2)C(C)(C)C)c(F)nc(F)c1C(=O)NN. The maximum absolute atomic E-state index is 15.0. The van der Waals surface area contributed by atoms with Crippen LogP contribution in [0.15, 0.2) is 60.7 Å². The highest BCUT2D eigenvalue weighted by molar-refractivity contribution is 6.99. The van der Waals surface area contributed by atoms with Gasteiger partial charge in [0.05, 0.1) is 6.61 Å². The van der Waals surface area contributed by atoms with Crippen LogP contribution in [-0.4, -0.2) is 25.0 Å². The number of rotatable bonds is 7. The average Bonchev–Trinajstić information content (AvgIpc) is 2.80. The molecule has 0 atom stereocenters. The summed E-state index contributed by atoms with van der Waals surface area (Å²) in [5.74, 6) is 0.738.